The van der Waals surface area contributed by atoms with Crippen LogP contribution < -0.4 is 10.9 Å². The van der Waals surface area contributed by atoms with Crippen molar-refractivity contribution in [1.29, 1.82) is 0 Å². The summed E-state index contributed by atoms with van der Waals surface area (Å²) >= 11 is 1.58. The first-order valence-corrected chi connectivity index (χ1v) is 11.1. The summed E-state index contributed by atoms with van der Waals surface area (Å²) in [6.45, 7) is 9.03. The van der Waals surface area contributed by atoms with Crippen molar-refractivity contribution in [2.45, 2.75) is 40.3 Å². The first-order valence-electron chi connectivity index (χ1n) is 10.3. The van der Waals surface area contributed by atoms with E-state index in [0.29, 0.717) is 23.7 Å². The molecule has 0 aliphatic heterocycles. The molecule has 0 fully saturated rings. The van der Waals surface area contributed by atoms with Crippen LogP contribution in [-0.4, -0.2) is 9.97 Å². The highest BCUT2D eigenvalue weighted by Gasteiger charge is 2.18. The molecule has 0 radical (unpaired) electrons. The molecule has 2 N–H and O–H groups in total. The topological polar surface area (TPSA) is 57.8 Å². The summed E-state index contributed by atoms with van der Waals surface area (Å²) < 4.78 is 0. The summed E-state index contributed by atoms with van der Waals surface area (Å²) in [5.41, 5.74) is 4.43. The highest BCUT2D eigenvalue weighted by molar-refractivity contribution is 7.19. The Balaban J connectivity index is 1.65. The smallest absolute Gasteiger partial charge is 0.260 e. The molecular formula is C25H27N3OS. The van der Waals surface area contributed by atoms with E-state index in [1.165, 1.54) is 11.1 Å². The summed E-state index contributed by atoms with van der Waals surface area (Å²) in [5.74, 6) is 1.09. The van der Waals surface area contributed by atoms with Crippen molar-refractivity contribution in [2.24, 2.45) is 5.92 Å². The lowest BCUT2D eigenvalue weighted by molar-refractivity contribution is 0.406. The average molecular weight is 418 g/mol. The minimum absolute atomic E-state index is 0.0717. The molecule has 0 aliphatic carbocycles. The first-order chi connectivity index (χ1) is 14.4. The van der Waals surface area contributed by atoms with Crippen molar-refractivity contribution < 1.29 is 0 Å². The fourth-order valence-corrected chi connectivity index (χ4v) is 4.99. The SMILES string of the molecule is Cc1ccc(-c2c(C)sc3nc(CN[C@H](c4ccccc4)C(C)C)[nH]c(=O)c23)cc1. The lowest BCUT2D eigenvalue weighted by atomic mass is 9.96. The van der Waals surface area contributed by atoms with E-state index in [1.807, 2.05) is 6.07 Å². The molecule has 0 amide bonds. The zero-order chi connectivity index (χ0) is 21.3. The van der Waals surface area contributed by atoms with Crippen LogP contribution >= 0.6 is 11.3 Å². The lowest BCUT2D eigenvalue weighted by Gasteiger charge is -2.22. The van der Waals surface area contributed by atoms with Crippen LogP contribution in [0.1, 0.15) is 41.7 Å². The predicted molar refractivity (Wildman–Crippen MR) is 126 cm³/mol. The van der Waals surface area contributed by atoms with Gasteiger partial charge in [0.1, 0.15) is 10.7 Å². The Hall–Kier alpha value is -2.76. The molecule has 154 valence electrons. The molecule has 4 rings (SSSR count). The molecule has 0 spiro atoms. The first kappa shape index (κ1) is 20.5. The third kappa shape index (κ3) is 4.09. The van der Waals surface area contributed by atoms with E-state index in [0.717, 1.165) is 20.8 Å². The molecule has 0 saturated carbocycles. The van der Waals surface area contributed by atoms with E-state index in [1.54, 1.807) is 11.3 Å². The summed E-state index contributed by atoms with van der Waals surface area (Å²) in [4.78, 5) is 22.7. The van der Waals surface area contributed by atoms with Gasteiger partial charge in [-0.05, 0) is 30.9 Å². The average Bonchev–Trinajstić information content (AvgIpc) is 3.06. The molecule has 30 heavy (non-hydrogen) atoms. The van der Waals surface area contributed by atoms with Gasteiger partial charge in [0.25, 0.3) is 5.56 Å². The van der Waals surface area contributed by atoms with Crippen LogP contribution in [0.2, 0.25) is 0 Å². The van der Waals surface area contributed by atoms with Gasteiger partial charge in [0, 0.05) is 16.5 Å². The van der Waals surface area contributed by atoms with E-state index in [-0.39, 0.29) is 11.6 Å². The van der Waals surface area contributed by atoms with Crippen molar-refractivity contribution in [1.82, 2.24) is 15.3 Å². The van der Waals surface area contributed by atoms with Crippen LogP contribution in [0.5, 0.6) is 0 Å². The predicted octanol–water partition coefficient (Wildman–Crippen LogP) is 5.76. The Morgan fingerprint density at radius 2 is 1.73 bits per heavy atom. The monoisotopic (exact) mass is 417 g/mol. The maximum Gasteiger partial charge on any atom is 0.260 e. The van der Waals surface area contributed by atoms with Gasteiger partial charge in [0.2, 0.25) is 0 Å². The second-order valence-corrected chi connectivity index (χ2v) is 9.31. The van der Waals surface area contributed by atoms with E-state index in [9.17, 15) is 4.79 Å². The number of rotatable bonds is 6. The van der Waals surface area contributed by atoms with E-state index in [2.05, 4.69) is 86.5 Å². The molecule has 0 aliphatic rings. The molecule has 0 saturated heterocycles. The Kier molecular flexibility index (Phi) is 5.84. The maximum atomic E-state index is 13.0. The number of H-pyrrole nitrogens is 1. The van der Waals surface area contributed by atoms with Crippen LogP contribution in [0.25, 0.3) is 21.3 Å². The van der Waals surface area contributed by atoms with Gasteiger partial charge in [-0.15, -0.1) is 11.3 Å². The Morgan fingerprint density at radius 1 is 1.03 bits per heavy atom. The highest BCUT2D eigenvalue weighted by atomic mass is 32.1. The van der Waals surface area contributed by atoms with Gasteiger partial charge in [0.15, 0.2) is 0 Å². The van der Waals surface area contributed by atoms with Gasteiger partial charge < -0.3 is 10.3 Å². The maximum absolute atomic E-state index is 13.0. The van der Waals surface area contributed by atoms with Crippen molar-refractivity contribution in [3.63, 3.8) is 0 Å². The van der Waals surface area contributed by atoms with Gasteiger partial charge in [-0.25, -0.2) is 4.98 Å². The van der Waals surface area contributed by atoms with Crippen molar-refractivity contribution in [2.75, 3.05) is 0 Å². The number of aromatic nitrogens is 2. The minimum atomic E-state index is -0.0717. The van der Waals surface area contributed by atoms with E-state index < -0.39 is 0 Å². The van der Waals surface area contributed by atoms with Gasteiger partial charge in [-0.3, -0.25) is 4.79 Å². The van der Waals surface area contributed by atoms with Crippen LogP contribution in [-0.2, 0) is 6.54 Å². The number of thiophene rings is 1. The quantitative estimate of drug-likeness (QED) is 0.420. The molecule has 2 aromatic heterocycles. The highest BCUT2D eigenvalue weighted by Crippen LogP contribution is 2.35. The third-order valence-corrected chi connectivity index (χ3v) is 6.44. The molecule has 0 bridgehead atoms. The number of nitrogens with zero attached hydrogens (tertiary/aromatic N) is 1. The molecule has 0 unspecified atom stereocenters. The summed E-state index contributed by atoms with van der Waals surface area (Å²) in [6.07, 6.45) is 0. The third-order valence-electron chi connectivity index (χ3n) is 5.44. The largest absolute Gasteiger partial charge is 0.309 e. The van der Waals surface area contributed by atoms with Gasteiger partial charge in [0.05, 0.1) is 11.9 Å². The minimum Gasteiger partial charge on any atom is -0.309 e. The van der Waals surface area contributed by atoms with Crippen LogP contribution in [0.3, 0.4) is 0 Å². The molecule has 4 nitrogen and oxygen atoms in total. The zero-order valence-corrected chi connectivity index (χ0v) is 18.6. The van der Waals surface area contributed by atoms with Gasteiger partial charge in [-0.2, -0.15) is 0 Å². The number of fused-ring (bicyclic) bond motifs is 1. The van der Waals surface area contributed by atoms with Crippen molar-refractivity contribution in [3.05, 3.63) is 86.8 Å². The fourth-order valence-electron chi connectivity index (χ4n) is 3.92. The van der Waals surface area contributed by atoms with Gasteiger partial charge in [-0.1, -0.05) is 74.0 Å². The summed E-state index contributed by atoms with van der Waals surface area (Å²) in [7, 11) is 0. The molecule has 2 heterocycles. The fraction of sp³-hybridized carbons (Fsp3) is 0.280. The molecule has 2 aromatic carbocycles. The van der Waals surface area contributed by atoms with E-state index in [4.69, 9.17) is 4.98 Å². The Morgan fingerprint density at radius 3 is 2.40 bits per heavy atom. The van der Waals surface area contributed by atoms with Crippen molar-refractivity contribution in [3.8, 4) is 11.1 Å². The standard InChI is InChI=1S/C25H27N3OS/c1-15(2)23(19-8-6-5-7-9-19)26-14-20-27-24(29)22-21(17(4)30-25(22)28-20)18-12-10-16(3)11-13-18/h5-13,15,23,26H,14H2,1-4H3,(H,27,28,29)/t23-/m0/s1. The normalized spacial score (nSPS) is 12.6. The molecular weight excluding hydrogens is 390 g/mol. The lowest BCUT2D eigenvalue weighted by Crippen LogP contribution is -2.27. The van der Waals surface area contributed by atoms with Gasteiger partial charge >= 0.3 is 0 Å². The summed E-state index contributed by atoms with van der Waals surface area (Å²) in [5, 5.41) is 4.26. The number of hydrogen-bond donors (Lipinski definition) is 2. The van der Waals surface area contributed by atoms with E-state index >= 15 is 0 Å². The number of nitrogens with one attached hydrogen (secondary N) is 2. The number of aromatic amines is 1. The van der Waals surface area contributed by atoms with Crippen LogP contribution in [0.4, 0.5) is 0 Å². The summed E-state index contributed by atoms with van der Waals surface area (Å²) in [6, 6.07) is 18.9. The Bertz CT molecular complexity index is 1210. The molecule has 1 atom stereocenters. The molecule has 5 heteroatoms. The second kappa shape index (κ2) is 8.54. The number of benzene rings is 2. The van der Waals surface area contributed by atoms with Crippen molar-refractivity contribution >= 4 is 21.6 Å². The number of hydrogen-bond acceptors (Lipinski definition) is 4. The zero-order valence-electron chi connectivity index (χ0n) is 17.8. The molecule has 4 aromatic rings. The van der Waals surface area contributed by atoms with Crippen LogP contribution in [0.15, 0.2) is 59.4 Å². The second-order valence-electron chi connectivity index (χ2n) is 8.11. The van der Waals surface area contributed by atoms with Crippen LogP contribution in [0, 0.1) is 19.8 Å². The number of aryl methyl sites for hydroxylation is 2. The Labute approximate surface area is 181 Å².